The molecule has 2 aromatic rings. The Bertz CT molecular complexity index is 503. The molecule has 0 aliphatic carbocycles. The van der Waals surface area contributed by atoms with E-state index in [1.54, 1.807) is 0 Å². The van der Waals surface area contributed by atoms with Gasteiger partial charge < -0.3 is 0 Å². The molecule has 0 radical (unpaired) electrons. The lowest BCUT2D eigenvalue weighted by Crippen LogP contribution is -1.91. The van der Waals surface area contributed by atoms with Crippen LogP contribution in [0.2, 0.25) is 5.15 Å². The molecule has 0 saturated carbocycles. The normalized spacial score (nSPS) is 10.3. The van der Waals surface area contributed by atoms with Gasteiger partial charge >= 0.3 is 0 Å². The summed E-state index contributed by atoms with van der Waals surface area (Å²) in [5.74, 6) is -1.35. The van der Waals surface area contributed by atoms with Gasteiger partial charge in [-0.1, -0.05) is 11.6 Å². The first kappa shape index (κ1) is 9.98. The van der Waals surface area contributed by atoms with E-state index in [0.29, 0.717) is 0 Å². The highest BCUT2D eigenvalue weighted by Crippen LogP contribution is 2.26. The van der Waals surface area contributed by atoms with Gasteiger partial charge in [0.15, 0.2) is 5.15 Å². The summed E-state index contributed by atoms with van der Waals surface area (Å²) < 4.78 is 26.0. The smallest absolute Gasteiger partial charge is 0.155 e. The minimum Gasteiger partial charge on any atom is -0.251 e. The van der Waals surface area contributed by atoms with Gasteiger partial charge in [-0.3, -0.25) is 4.98 Å². The summed E-state index contributed by atoms with van der Waals surface area (Å²) in [5, 5.41) is 0.0861. The maximum atomic E-state index is 13.3. The van der Waals surface area contributed by atoms with E-state index in [0.717, 1.165) is 12.1 Å². The first-order valence-electron chi connectivity index (χ1n) is 4.10. The highest BCUT2D eigenvalue weighted by molar-refractivity contribution is 6.31. The minimum atomic E-state index is -0.711. The van der Waals surface area contributed by atoms with Crippen molar-refractivity contribution < 1.29 is 8.78 Å². The summed E-state index contributed by atoms with van der Waals surface area (Å²) in [7, 11) is 0. The molecule has 15 heavy (non-hydrogen) atoms. The number of halogens is 3. The van der Waals surface area contributed by atoms with Crippen molar-refractivity contribution in [2.45, 2.75) is 0 Å². The third-order valence-electron chi connectivity index (χ3n) is 1.84. The van der Waals surface area contributed by atoms with Crippen molar-refractivity contribution in [2.75, 3.05) is 0 Å². The largest absolute Gasteiger partial charge is 0.251 e. The van der Waals surface area contributed by atoms with Crippen molar-refractivity contribution >= 4 is 11.6 Å². The number of aromatic nitrogens is 2. The molecular formula is C10H5ClF2N2. The molecule has 0 unspecified atom stereocenters. The van der Waals surface area contributed by atoms with Crippen LogP contribution in [0.5, 0.6) is 0 Å². The average molecular weight is 227 g/mol. The van der Waals surface area contributed by atoms with Crippen LogP contribution in [0.3, 0.4) is 0 Å². The Labute approximate surface area is 89.6 Å². The Balaban J connectivity index is 2.60. The summed E-state index contributed by atoms with van der Waals surface area (Å²) in [5.41, 5.74) is 0.339. The van der Waals surface area contributed by atoms with Gasteiger partial charge in [0, 0.05) is 24.0 Å². The van der Waals surface area contributed by atoms with Crippen LogP contribution in [0.4, 0.5) is 8.78 Å². The van der Waals surface area contributed by atoms with Crippen LogP contribution in [0, 0.1) is 11.6 Å². The number of hydrogen-bond donors (Lipinski definition) is 0. The summed E-state index contributed by atoms with van der Waals surface area (Å²) >= 11 is 5.74. The predicted octanol–water partition coefficient (Wildman–Crippen LogP) is 3.08. The van der Waals surface area contributed by atoms with Gasteiger partial charge in [0.2, 0.25) is 0 Å². The Hall–Kier alpha value is -1.55. The van der Waals surface area contributed by atoms with E-state index in [4.69, 9.17) is 11.6 Å². The molecule has 2 rings (SSSR count). The molecule has 0 aliphatic rings. The van der Waals surface area contributed by atoms with Gasteiger partial charge in [-0.15, -0.1) is 0 Å². The van der Waals surface area contributed by atoms with Crippen LogP contribution < -0.4 is 0 Å². The minimum absolute atomic E-state index is 0.0861. The lowest BCUT2D eigenvalue weighted by atomic mass is 10.1. The Morgan fingerprint density at radius 2 is 1.80 bits per heavy atom. The fourth-order valence-corrected chi connectivity index (χ4v) is 1.39. The van der Waals surface area contributed by atoms with Gasteiger partial charge in [-0.25, -0.2) is 13.8 Å². The number of nitrogens with zero attached hydrogens (tertiary/aromatic N) is 2. The molecular weight excluding hydrogens is 222 g/mol. The van der Waals surface area contributed by atoms with Crippen LogP contribution >= 0.6 is 11.6 Å². The van der Waals surface area contributed by atoms with Gasteiger partial charge in [0.25, 0.3) is 0 Å². The zero-order valence-corrected chi connectivity index (χ0v) is 8.17. The lowest BCUT2D eigenvalue weighted by Gasteiger charge is -2.03. The first-order chi connectivity index (χ1) is 7.18. The van der Waals surface area contributed by atoms with Crippen molar-refractivity contribution in [3.63, 3.8) is 0 Å². The molecule has 0 atom stereocenters. The van der Waals surface area contributed by atoms with Crippen molar-refractivity contribution in [1.82, 2.24) is 9.97 Å². The molecule has 5 heteroatoms. The molecule has 2 nitrogen and oxygen atoms in total. The van der Waals surface area contributed by atoms with Crippen molar-refractivity contribution in [1.29, 1.82) is 0 Å². The molecule has 0 bridgehead atoms. The molecule has 1 aromatic carbocycles. The molecule has 0 aliphatic heterocycles. The Morgan fingerprint density at radius 1 is 1.07 bits per heavy atom. The van der Waals surface area contributed by atoms with Crippen molar-refractivity contribution in [2.24, 2.45) is 0 Å². The SMILES string of the molecule is Fc1ccc(-c2nccnc2Cl)c(F)c1. The predicted molar refractivity (Wildman–Crippen MR) is 52.4 cm³/mol. The van der Waals surface area contributed by atoms with E-state index in [1.807, 2.05) is 0 Å². The van der Waals surface area contributed by atoms with Crippen LogP contribution in [-0.4, -0.2) is 9.97 Å². The number of benzene rings is 1. The third kappa shape index (κ3) is 1.94. The molecule has 0 N–H and O–H groups in total. The maximum absolute atomic E-state index is 13.3. The summed E-state index contributed by atoms with van der Waals surface area (Å²) in [4.78, 5) is 7.64. The highest BCUT2D eigenvalue weighted by atomic mass is 35.5. The Kier molecular flexibility index (Phi) is 2.60. The molecule has 1 aromatic heterocycles. The maximum Gasteiger partial charge on any atom is 0.155 e. The second-order valence-electron chi connectivity index (χ2n) is 2.82. The van der Waals surface area contributed by atoms with E-state index in [-0.39, 0.29) is 16.4 Å². The number of hydrogen-bond acceptors (Lipinski definition) is 2. The van der Waals surface area contributed by atoms with Crippen LogP contribution in [0.1, 0.15) is 0 Å². The van der Waals surface area contributed by atoms with Crippen LogP contribution in [0.25, 0.3) is 11.3 Å². The van der Waals surface area contributed by atoms with E-state index in [1.165, 1.54) is 18.5 Å². The van der Waals surface area contributed by atoms with Gasteiger partial charge in [-0.05, 0) is 12.1 Å². The van der Waals surface area contributed by atoms with Crippen molar-refractivity contribution in [3.05, 3.63) is 47.4 Å². The molecule has 0 saturated heterocycles. The average Bonchev–Trinajstić information content (AvgIpc) is 2.20. The van der Waals surface area contributed by atoms with E-state index in [2.05, 4.69) is 9.97 Å². The van der Waals surface area contributed by atoms with E-state index in [9.17, 15) is 8.78 Å². The molecule has 0 fully saturated rings. The monoisotopic (exact) mass is 226 g/mol. The summed E-state index contributed by atoms with van der Waals surface area (Å²) in [6.45, 7) is 0. The second-order valence-corrected chi connectivity index (χ2v) is 3.18. The fraction of sp³-hybridized carbons (Fsp3) is 0. The topological polar surface area (TPSA) is 25.8 Å². The second kappa shape index (κ2) is 3.90. The molecule has 76 valence electrons. The fourth-order valence-electron chi connectivity index (χ4n) is 1.18. The zero-order valence-electron chi connectivity index (χ0n) is 7.42. The first-order valence-corrected chi connectivity index (χ1v) is 4.48. The summed E-state index contributed by atoms with van der Waals surface area (Å²) in [6, 6.07) is 3.20. The van der Waals surface area contributed by atoms with E-state index >= 15 is 0 Å². The lowest BCUT2D eigenvalue weighted by molar-refractivity contribution is 0.585. The van der Waals surface area contributed by atoms with Gasteiger partial charge in [0.1, 0.15) is 17.3 Å². The standard InChI is InChI=1S/C10H5ClF2N2/c11-10-9(14-3-4-15-10)7-2-1-6(12)5-8(7)13/h1-5H. The molecule has 0 amide bonds. The molecule has 1 heterocycles. The summed E-state index contributed by atoms with van der Waals surface area (Å²) in [6.07, 6.45) is 2.79. The third-order valence-corrected chi connectivity index (χ3v) is 2.12. The van der Waals surface area contributed by atoms with Crippen LogP contribution in [-0.2, 0) is 0 Å². The van der Waals surface area contributed by atoms with E-state index < -0.39 is 11.6 Å². The quantitative estimate of drug-likeness (QED) is 0.747. The van der Waals surface area contributed by atoms with Crippen LogP contribution in [0.15, 0.2) is 30.6 Å². The Morgan fingerprint density at radius 3 is 2.47 bits per heavy atom. The zero-order chi connectivity index (χ0) is 10.8. The number of rotatable bonds is 1. The molecule has 0 spiro atoms. The van der Waals surface area contributed by atoms with Gasteiger partial charge in [-0.2, -0.15) is 0 Å². The highest BCUT2D eigenvalue weighted by Gasteiger charge is 2.11. The van der Waals surface area contributed by atoms with Gasteiger partial charge in [0.05, 0.1) is 0 Å². The van der Waals surface area contributed by atoms with Crippen molar-refractivity contribution in [3.8, 4) is 11.3 Å².